The van der Waals surface area contributed by atoms with E-state index < -0.39 is 0 Å². The first-order valence-electron chi connectivity index (χ1n) is 12.7. The zero-order chi connectivity index (χ0) is 23.8. The quantitative estimate of drug-likeness (QED) is 0.335. The van der Waals surface area contributed by atoms with Crippen molar-refractivity contribution in [1.29, 1.82) is 0 Å². The van der Waals surface area contributed by atoms with Crippen LogP contribution in [0.1, 0.15) is 62.4 Å². The summed E-state index contributed by atoms with van der Waals surface area (Å²) < 4.78 is 7.90. The maximum atomic E-state index is 6.01. The van der Waals surface area contributed by atoms with Gasteiger partial charge in [-0.3, -0.25) is 4.98 Å². The molecule has 6 rings (SSSR count). The maximum Gasteiger partial charge on any atom is 0.182 e. The molecule has 0 radical (unpaired) electrons. The van der Waals surface area contributed by atoms with Crippen LogP contribution in [0.2, 0.25) is 0 Å². The lowest BCUT2D eigenvalue weighted by molar-refractivity contribution is 0.299. The van der Waals surface area contributed by atoms with Crippen LogP contribution in [0, 0.1) is 11.8 Å². The van der Waals surface area contributed by atoms with Crippen molar-refractivity contribution < 1.29 is 4.74 Å². The van der Waals surface area contributed by atoms with E-state index >= 15 is 0 Å². The lowest BCUT2D eigenvalue weighted by Gasteiger charge is -2.39. The van der Waals surface area contributed by atoms with E-state index in [1.165, 1.54) is 36.8 Å². The smallest absolute Gasteiger partial charge is 0.182 e. The Balaban J connectivity index is 1.29. The molecule has 0 unspecified atom stereocenters. The summed E-state index contributed by atoms with van der Waals surface area (Å²) in [7, 11) is 0. The lowest BCUT2D eigenvalue weighted by atomic mass is 9.64. The molecule has 35 heavy (non-hydrogen) atoms. The van der Waals surface area contributed by atoms with Crippen molar-refractivity contribution >= 4 is 0 Å². The molecule has 2 aromatic heterocycles. The first kappa shape index (κ1) is 22.0. The number of aromatic nitrogens is 5. The molecule has 2 heterocycles. The largest absolute Gasteiger partial charge is 0.487 e. The van der Waals surface area contributed by atoms with Crippen molar-refractivity contribution in [3.05, 3.63) is 89.7 Å². The van der Waals surface area contributed by atoms with Crippen LogP contribution in [0.15, 0.2) is 72.9 Å². The van der Waals surface area contributed by atoms with E-state index in [4.69, 9.17) is 4.74 Å². The van der Waals surface area contributed by atoms with Crippen LogP contribution in [0.4, 0.5) is 0 Å². The summed E-state index contributed by atoms with van der Waals surface area (Å²) >= 11 is 0. The first-order chi connectivity index (χ1) is 17.1. The summed E-state index contributed by atoms with van der Waals surface area (Å²) in [5.74, 6) is 3.20. The molecule has 2 aliphatic rings. The minimum Gasteiger partial charge on any atom is -0.487 e. The molecule has 2 fully saturated rings. The fraction of sp³-hybridized carbons (Fsp3) is 0.379. The molecule has 0 N–H and O–H groups in total. The molecule has 2 saturated carbocycles. The van der Waals surface area contributed by atoms with Gasteiger partial charge in [0.2, 0.25) is 0 Å². The molecule has 0 spiro atoms. The fourth-order valence-corrected chi connectivity index (χ4v) is 6.34. The molecule has 0 aliphatic heterocycles. The number of pyridine rings is 1. The summed E-state index contributed by atoms with van der Waals surface area (Å²) in [5.41, 5.74) is 4.85. The van der Waals surface area contributed by atoms with E-state index in [0.717, 1.165) is 28.7 Å². The Morgan fingerprint density at radius 1 is 0.971 bits per heavy atom. The van der Waals surface area contributed by atoms with Crippen molar-refractivity contribution in [2.45, 2.75) is 57.6 Å². The molecule has 0 amide bonds. The monoisotopic (exact) mass is 465 g/mol. The summed E-state index contributed by atoms with van der Waals surface area (Å²) in [5, 5.41) is 12.3. The van der Waals surface area contributed by atoms with Gasteiger partial charge in [-0.2, -0.15) is 0 Å². The third-order valence-corrected chi connectivity index (χ3v) is 7.97. The first-order valence-corrected chi connectivity index (χ1v) is 12.7. The van der Waals surface area contributed by atoms with E-state index in [2.05, 4.69) is 82.9 Å². The van der Waals surface area contributed by atoms with Gasteiger partial charge in [0.15, 0.2) is 5.82 Å². The second kappa shape index (κ2) is 8.91. The Morgan fingerprint density at radius 3 is 2.37 bits per heavy atom. The zero-order valence-electron chi connectivity index (χ0n) is 20.3. The number of ether oxygens (including phenoxy) is 1. The molecule has 6 nitrogen and oxygen atoms in total. The molecule has 2 bridgehead atoms. The van der Waals surface area contributed by atoms with Crippen LogP contribution in [-0.4, -0.2) is 25.2 Å². The Bertz CT molecular complexity index is 1280. The molecule has 178 valence electrons. The van der Waals surface area contributed by atoms with Gasteiger partial charge >= 0.3 is 0 Å². The van der Waals surface area contributed by atoms with Crippen molar-refractivity contribution in [2.75, 3.05) is 0 Å². The average molecular weight is 466 g/mol. The summed E-state index contributed by atoms with van der Waals surface area (Å²) in [4.78, 5) is 4.35. The van der Waals surface area contributed by atoms with Gasteiger partial charge in [-0.15, -0.1) is 5.10 Å². The number of rotatable bonds is 7. The van der Waals surface area contributed by atoms with Gasteiger partial charge in [0.25, 0.3) is 0 Å². The Morgan fingerprint density at radius 2 is 1.74 bits per heavy atom. The molecule has 2 aliphatic carbocycles. The number of benzene rings is 2. The zero-order valence-corrected chi connectivity index (χ0v) is 20.3. The van der Waals surface area contributed by atoms with Crippen molar-refractivity contribution in [2.24, 2.45) is 11.8 Å². The van der Waals surface area contributed by atoms with Crippen molar-refractivity contribution in [3.8, 4) is 17.1 Å². The second-order valence-corrected chi connectivity index (χ2v) is 10.3. The number of nitrogens with zero attached hydrogens (tertiary/aromatic N) is 5. The Labute approximate surface area is 206 Å². The highest BCUT2D eigenvalue weighted by atomic mass is 16.5. The van der Waals surface area contributed by atoms with Gasteiger partial charge in [-0.05, 0) is 90.8 Å². The number of tetrazole rings is 1. The number of hydrogen-bond acceptors (Lipinski definition) is 5. The predicted molar refractivity (Wildman–Crippen MR) is 135 cm³/mol. The highest BCUT2D eigenvalue weighted by molar-refractivity contribution is 5.57. The molecule has 3 atom stereocenters. The molecule has 2 aromatic carbocycles. The summed E-state index contributed by atoms with van der Waals surface area (Å²) in [6.45, 7) is 4.68. The number of fused-ring (bicyclic) bond motifs is 2. The van der Waals surface area contributed by atoms with Crippen molar-refractivity contribution in [1.82, 2.24) is 25.2 Å². The van der Waals surface area contributed by atoms with Gasteiger partial charge in [0, 0.05) is 17.2 Å². The van der Waals surface area contributed by atoms with E-state index in [-0.39, 0.29) is 11.5 Å². The standard InChI is InChI=1S/C29H31N5O/c1-20(2)34-28(31-32-33-34)22-7-10-23(11-8-22)29(18-21-6-9-25(29)17-21)24-12-14-27(15-13-24)35-19-26-5-3-4-16-30-26/h3-5,7-8,10-16,20-21,25H,6,9,17-19H2,1-2H3/t21-,25+,29+/m1/s1. The molecule has 4 aromatic rings. The highest BCUT2D eigenvalue weighted by Gasteiger charge is 2.52. The highest BCUT2D eigenvalue weighted by Crippen LogP contribution is 2.60. The van der Waals surface area contributed by atoms with E-state index in [9.17, 15) is 0 Å². The van der Waals surface area contributed by atoms with Gasteiger partial charge in [-0.1, -0.05) is 48.9 Å². The van der Waals surface area contributed by atoms with Gasteiger partial charge in [-0.25, -0.2) is 4.68 Å². The maximum absolute atomic E-state index is 6.01. The predicted octanol–water partition coefficient (Wildman–Crippen LogP) is 6.00. The third kappa shape index (κ3) is 3.91. The van der Waals surface area contributed by atoms with Crippen LogP contribution in [0.3, 0.4) is 0 Å². The minimum absolute atomic E-state index is 0.0604. The van der Waals surface area contributed by atoms with Crippen molar-refractivity contribution in [3.63, 3.8) is 0 Å². The van der Waals surface area contributed by atoms with Gasteiger partial charge in [0.05, 0.1) is 11.7 Å². The third-order valence-electron chi connectivity index (χ3n) is 7.97. The topological polar surface area (TPSA) is 65.7 Å². The molecular weight excluding hydrogens is 434 g/mol. The Hall–Kier alpha value is -3.54. The molecular formula is C29H31N5O. The Kier molecular flexibility index (Phi) is 5.59. The van der Waals surface area contributed by atoms with Crippen LogP contribution in [0.5, 0.6) is 5.75 Å². The SMILES string of the molecule is CC(C)n1nnnc1-c1ccc([C@]2(c3ccc(OCc4ccccn4)cc3)C[C@@H]3CC[C@H]2C3)cc1. The number of hydrogen-bond donors (Lipinski definition) is 0. The normalized spacial score (nSPS) is 23.2. The van der Waals surface area contributed by atoms with E-state index in [1.54, 1.807) is 6.20 Å². The molecule has 6 heteroatoms. The van der Waals surface area contributed by atoms with Crippen LogP contribution in [0.25, 0.3) is 11.4 Å². The van der Waals surface area contributed by atoms with E-state index in [0.29, 0.717) is 12.5 Å². The van der Waals surface area contributed by atoms with Gasteiger partial charge in [0.1, 0.15) is 12.4 Å². The lowest BCUT2D eigenvalue weighted by Crippen LogP contribution is -2.34. The van der Waals surface area contributed by atoms with Crippen LogP contribution < -0.4 is 4.74 Å². The summed E-state index contributed by atoms with van der Waals surface area (Å²) in [6, 6.07) is 23.9. The minimum atomic E-state index is 0.0604. The average Bonchev–Trinajstić information content (AvgIpc) is 3.65. The molecule has 0 saturated heterocycles. The van der Waals surface area contributed by atoms with Crippen LogP contribution in [-0.2, 0) is 12.0 Å². The van der Waals surface area contributed by atoms with E-state index in [1.807, 2.05) is 22.9 Å². The summed E-state index contributed by atoms with van der Waals surface area (Å²) in [6.07, 6.45) is 7.00. The second-order valence-electron chi connectivity index (χ2n) is 10.3. The van der Waals surface area contributed by atoms with Crippen LogP contribution >= 0.6 is 0 Å². The van der Waals surface area contributed by atoms with Gasteiger partial charge < -0.3 is 4.74 Å². The fourth-order valence-electron chi connectivity index (χ4n) is 6.34.